The number of hydrogen-bond acceptors (Lipinski definition) is 6. The molecule has 7 nitrogen and oxygen atoms in total. The van der Waals surface area contributed by atoms with Crippen molar-refractivity contribution in [1.29, 1.82) is 5.26 Å². The molecule has 0 N–H and O–H groups in total. The van der Waals surface area contributed by atoms with Crippen LogP contribution in [0.4, 0.5) is 11.6 Å². The lowest BCUT2D eigenvalue weighted by Crippen LogP contribution is -2.38. The molecule has 7 heteroatoms. The average molecular weight is 326 g/mol. The van der Waals surface area contributed by atoms with Crippen molar-refractivity contribution in [2.24, 2.45) is 11.8 Å². The van der Waals surface area contributed by atoms with Gasteiger partial charge < -0.3 is 9.32 Å². The van der Waals surface area contributed by atoms with E-state index in [2.05, 4.69) is 18.8 Å². The molecule has 2 aromatic rings. The van der Waals surface area contributed by atoms with Crippen LogP contribution in [0.2, 0.25) is 0 Å². The number of benzene rings is 1. The number of aromatic nitrogens is 1. The van der Waals surface area contributed by atoms with E-state index in [0.29, 0.717) is 17.7 Å². The summed E-state index contributed by atoms with van der Waals surface area (Å²) in [4.78, 5) is 16.9. The van der Waals surface area contributed by atoms with Crippen molar-refractivity contribution in [3.63, 3.8) is 0 Å². The van der Waals surface area contributed by atoms with Crippen LogP contribution in [0.3, 0.4) is 0 Å². The van der Waals surface area contributed by atoms with E-state index >= 15 is 0 Å². The largest absolute Gasteiger partial charge is 0.419 e. The molecule has 2 atom stereocenters. The van der Waals surface area contributed by atoms with Crippen molar-refractivity contribution in [1.82, 2.24) is 4.98 Å². The van der Waals surface area contributed by atoms with Gasteiger partial charge in [-0.1, -0.05) is 26.0 Å². The maximum Gasteiger partial charge on any atom is 0.282 e. The molecule has 0 spiro atoms. The number of piperidine rings is 1. The van der Waals surface area contributed by atoms with E-state index in [0.717, 1.165) is 19.5 Å². The first kappa shape index (κ1) is 16.0. The summed E-state index contributed by atoms with van der Waals surface area (Å²) in [7, 11) is 0. The number of anilines is 1. The van der Waals surface area contributed by atoms with E-state index in [1.54, 1.807) is 18.2 Å². The zero-order valence-electron chi connectivity index (χ0n) is 13.6. The second-order valence-corrected chi connectivity index (χ2v) is 6.41. The molecule has 1 aromatic heterocycles. The van der Waals surface area contributed by atoms with Crippen LogP contribution < -0.4 is 4.90 Å². The van der Waals surface area contributed by atoms with Crippen LogP contribution in [0.5, 0.6) is 0 Å². The van der Waals surface area contributed by atoms with Crippen LogP contribution in [0.1, 0.15) is 26.0 Å². The first-order valence-corrected chi connectivity index (χ1v) is 7.89. The second-order valence-electron chi connectivity index (χ2n) is 6.41. The zero-order chi connectivity index (χ0) is 17.3. The van der Waals surface area contributed by atoms with Crippen LogP contribution in [-0.2, 0) is 0 Å². The maximum atomic E-state index is 11.2. The summed E-state index contributed by atoms with van der Waals surface area (Å²) in [5.41, 5.74) is 0.364. The molecule has 24 heavy (non-hydrogen) atoms. The number of oxazole rings is 1. The predicted molar refractivity (Wildman–Crippen MR) is 88.5 cm³/mol. The Morgan fingerprint density at radius 2 is 2.00 bits per heavy atom. The van der Waals surface area contributed by atoms with Crippen LogP contribution in [0.15, 0.2) is 28.7 Å². The number of para-hydroxylation sites is 1. The van der Waals surface area contributed by atoms with Crippen LogP contribution >= 0.6 is 0 Å². The van der Waals surface area contributed by atoms with Gasteiger partial charge in [-0.25, -0.2) is 0 Å². The lowest BCUT2D eigenvalue weighted by Gasteiger charge is -2.34. The van der Waals surface area contributed by atoms with E-state index < -0.39 is 4.92 Å². The van der Waals surface area contributed by atoms with E-state index in [-0.39, 0.29) is 22.8 Å². The van der Waals surface area contributed by atoms with Crippen molar-refractivity contribution in [3.8, 4) is 17.5 Å². The summed E-state index contributed by atoms with van der Waals surface area (Å²) in [6.45, 7) is 5.89. The molecule has 2 heterocycles. The monoisotopic (exact) mass is 326 g/mol. The molecule has 1 fully saturated rings. The number of hydrogen-bond donors (Lipinski definition) is 0. The Morgan fingerprint density at radius 3 is 2.62 bits per heavy atom. The van der Waals surface area contributed by atoms with Gasteiger partial charge in [0.15, 0.2) is 0 Å². The third-order valence-corrected chi connectivity index (χ3v) is 4.20. The molecule has 124 valence electrons. The summed E-state index contributed by atoms with van der Waals surface area (Å²) in [5, 5.41) is 20.6. The minimum absolute atomic E-state index is 0.0878. The van der Waals surface area contributed by atoms with Gasteiger partial charge in [0.1, 0.15) is 11.6 Å². The van der Waals surface area contributed by atoms with E-state index in [9.17, 15) is 15.4 Å². The molecule has 1 aliphatic heterocycles. The maximum absolute atomic E-state index is 11.2. The molecule has 1 saturated heterocycles. The lowest BCUT2D eigenvalue weighted by atomic mass is 9.92. The quantitative estimate of drug-likeness (QED) is 0.631. The highest BCUT2D eigenvalue weighted by molar-refractivity contribution is 5.69. The van der Waals surface area contributed by atoms with Crippen LogP contribution in [0, 0.1) is 33.3 Å². The molecular weight excluding hydrogens is 308 g/mol. The van der Waals surface area contributed by atoms with Crippen LogP contribution in [0.25, 0.3) is 11.5 Å². The Morgan fingerprint density at radius 1 is 1.33 bits per heavy atom. The van der Waals surface area contributed by atoms with Gasteiger partial charge in [0.25, 0.3) is 5.69 Å². The first-order valence-electron chi connectivity index (χ1n) is 7.89. The van der Waals surface area contributed by atoms with Crippen LogP contribution in [-0.4, -0.2) is 23.0 Å². The highest BCUT2D eigenvalue weighted by Crippen LogP contribution is 2.35. The molecular formula is C17H18N4O3. The highest BCUT2D eigenvalue weighted by atomic mass is 16.6. The normalized spacial score (nSPS) is 20.6. The minimum atomic E-state index is -0.476. The van der Waals surface area contributed by atoms with E-state index in [1.807, 2.05) is 11.0 Å². The second kappa shape index (κ2) is 6.32. The summed E-state index contributed by atoms with van der Waals surface area (Å²) < 4.78 is 5.81. The van der Waals surface area contributed by atoms with Gasteiger partial charge in [-0.05, 0) is 24.3 Å². The smallest absolute Gasteiger partial charge is 0.282 e. The van der Waals surface area contributed by atoms with Crippen molar-refractivity contribution in [3.05, 3.63) is 40.1 Å². The SMILES string of the molecule is CC1CC(C)CN(c2oc(-c3ccccc3[N+](=O)[O-])nc2C#N)C1. The molecule has 0 radical (unpaired) electrons. The number of nitriles is 1. The van der Waals surface area contributed by atoms with Gasteiger partial charge in [0.2, 0.25) is 17.5 Å². The zero-order valence-corrected chi connectivity index (χ0v) is 13.6. The minimum Gasteiger partial charge on any atom is -0.419 e. The fraction of sp³-hybridized carbons (Fsp3) is 0.412. The Bertz CT molecular complexity index is 798. The molecule has 3 rings (SSSR count). The number of rotatable bonds is 3. The van der Waals surface area contributed by atoms with Gasteiger partial charge in [0.05, 0.1) is 4.92 Å². The third kappa shape index (κ3) is 2.95. The number of nitro groups is 1. The predicted octanol–water partition coefficient (Wildman–Crippen LogP) is 3.60. The lowest BCUT2D eigenvalue weighted by molar-refractivity contribution is -0.384. The van der Waals surface area contributed by atoms with Gasteiger partial charge in [-0.3, -0.25) is 10.1 Å². The van der Waals surface area contributed by atoms with Crippen molar-refractivity contribution >= 4 is 11.6 Å². The van der Waals surface area contributed by atoms with Gasteiger partial charge in [0, 0.05) is 19.2 Å². The standard InChI is InChI=1S/C17H18N4O3/c1-11-7-12(2)10-20(9-11)17-14(8-18)19-16(24-17)13-5-3-4-6-15(13)21(22)23/h3-6,11-12H,7,9-10H2,1-2H3. The average Bonchev–Trinajstić information content (AvgIpc) is 2.98. The summed E-state index contributed by atoms with van der Waals surface area (Å²) in [6, 6.07) is 8.30. The van der Waals surface area contributed by atoms with Gasteiger partial charge in [-0.15, -0.1) is 0 Å². The highest BCUT2D eigenvalue weighted by Gasteiger charge is 2.29. The van der Waals surface area contributed by atoms with Crippen molar-refractivity contribution < 1.29 is 9.34 Å². The summed E-state index contributed by atoms with van der Waals surface area (Å²) >= 11 is 0. The third-order valence-electron chi connectivity index (χ3n) is 4.20. The van der Waals surface area contributed by atoms with Gasteiger partial charge >= 0.3 is 0 Å². The fourth-order valence-corrected chi connectivity index (χ4v) is 3.36. The summed E-state index contributed by atoms with van der Waals surface area (Å²) in [6.07, 6.45) is 1.13. The van der Waals surface area contributed by atoms with Gasteiger partial charge in [-0.2, -0.15) is 10.2 Å². The molecule has 2 unspecified atom stereocenters. The molecule has 1 aromatic carbocycles. The Kier molecular flexibility index (Phi) is 4.21. The molecule has 0 bridgehead atoms. The molecule has 0 amide bonds. The molecule has 1 aliphatic rings. The van der Waals surface area contributed by atoms with Crippen molar-refractivity contribution in [2.45, 2.75) is 20.3 Å². The Hall–Kier alpha value is -2.88. The number of nitrogens with zero attached hydrogens (tertiary/aromatic N) is 4. The fourth-order valence-electron chi connectivity index (χ4n) is 3.36. The number of nitro benzene ring substituents is 1. The Labute approximate surface area is 139 Å². The molecule has 0 saturated carbocycles. The van der Waals surface area contributed by atoms with Crippen molar-refractivity contribution in [2.75, 3.05) is 18.0 Å². The topological polar surface area (TPSA) is 96.2 Å². The first-order chi connectivity index (χ1) is 11.5. The van der Waals surface area contributed by atoms with E-state index in [4.69, 9.17) is 4.42 Å². The van der Waals surface area contributed by atoms with E-state index in [1.165, 1.54) is 6.07 Å². The Balaban J connectivity index is 2.03. The summed E-state index contributed by atoms with van der Waals surface area (Å²) in [5.74, 6) is 1.49. The molecule has 0 aliphatic carbocycles.